The van der Waals surface area contributed by atoms with Crippen LogP contribution < -0.4 is 9.88 Å². The van der Waals surface area contributed by atoms with Gasteiger partial charge < -0.3 is 14.4 Å². The third kappa shape index (κ3) is 3.34. The zero-order chi connectivity index (χ0) is 15.6. The van der Waals surface area contributed by atoms with Crippen molar-refractivity contribution in [3.63, 3.8) is 0 Å². The highest BCUT2D eigenvalue weighted by Gasteiger charge is 2.28. The van der Waals surface area contributed by atoms with E-state index in [1.165, 1.54) is 25.3 Å². The summed E-state index contributed by atoms with van der Waals surface area (Å²) in [5.74, 6) is -0.132. The first kappa shape index (κ1) is 15.7. The molecular weight excluding hydrogens is 296 g/mol. The fourth-order valence-electron chi connectivity index (χ4n) is 2.32. The fraction of sp³-hybridized carbons (Fsp3) is 0.462. The van der Waals surface area contributed by atoms with E-state index in [1.807, 2.05) is 0 Å². The predicted molar refractivity (Wildman–Crippen MR) is 75.7 cm³/mol. The fourth-order valence-corrected chi connectivity index (χ4v) is 3.04. The van der Waals surface area contributed by atoms with Gasteiger partial charge in [0.05, 0.1) is 13.2 Å². The summed E-state index contributed by atoms with van der Waals surface area (Å²) in [5.41, 5.74) is 0.261. The molecule has 2 rings (SSSR count). The van der Waals surface area contributed by atoms with E-state index in [4.69, 9.17) is 14.6 Å². The van der Waals surface area contributed by atoms with Crippen molar-refractivity contribution in [2.45, 2.75) is 17.4 Å². The Kier molecular flexibility index (Phi) is 4.50. The normalized spacial score (nSPS) is 18.8. The van der Waals surface area contributed by atoms with Crippen LogP contribution in [0.2, 0.25) is 0 Å². The molecule has 1 unspecified atom stereocenters. The lowest BCUT2D eigenvalue weighted by molar-refractivity contribution is 0.0724. The van der Waals surface area contributed by atoms with Crippen molar-refractivity contribution < 1.29 is 22.7 Å². The van der Waals surface area contributed by atoms with Gasteiger partial charge in [-0.05, 0) is 24.6 Å². The molecule has 0 spiro atoms. The second kappa shape index (κ2) is 6.00. The maximum atomic E-state index is 12.4. The number of hydrogen-bond donors (Lipinski definition) is 1. The van der Waals surface area contributed by atoms with E-state index in [0.29, 0.717) is 13.1 Å². The molecule has 1 fully saturated rings. The Morgan fingerprint density at radius 1 is 1.38 bits per heavy atom. The van der Waals surface area contributed by atoms with Crippen molar-refractivity contribution in [1.82, 2.24) is 4.90 Å². The minimum absolute atomic E-state index is 0.0184. The van der Waals surface area contributed by atoms with Gasteiger partial charge in [-0.2, -0.15) is 0 Å². The molecule has 1 aliphatic rings. The first-order valence-electron chi connectivity index (χ1n) is 6.39. The molecule has 21 heavy (non-hydrogen) atoms. The van der Waals surface area contributed by atoms with Crippen molar-refractivity contribution >= 4 is 15.9 Å². The summed E-state index contributed by atoms with van der Waals surface area (Å²) < 4.78 is 33.3. The molecule has 1 heterocycles. The number of ether oxygens (including phenoxy) is 2. The van der Waals surface area contributed by atoms with Gasteiger partial charge in [-0.3, -0.25) is 4.79 Å². The Labute approximate surface area is 123 Å². The van der Waals surface area contributed by atoms with E-state index in [0.717, 1.165) is 6.42 Å². The molecular formula is C13H18N2O5S. The largest absolute Gasteiger partial charge is 0.495 e. The second-order valence-electron chi connectivity index (χ2n) is 4.81. The second-order valence-corrected chi connectivity index (χ2v) is 6.34. The molecule has 7 nitrogen and oxygen atoms in total. The number of methoxy groups -OCH3 is 2. The molecule has 2 N–H and O–H groups in total. The number of hydrogen-bond acceptors (Lipinski definition) is 5. The molecule has 1 aromatic rings. The smallest absolute Gasteiger partial charge is 0.253 e. The number of likely N-dealkylation sites (tertiary alicyclic amines) is 1. The van der Waals surface area contributed by atoms with Crippen molar-refractivity contribution in [2.24, 2.45) is 5.14 Å². The van der Waals surface area contributed by atoms with Crippen LogP contribution in [0.1, 0.15) is 16.8 Å². The van der Waals surface area contributed by atoms with E-state index in [2.05, 4.69) is 0 Å². The minimum atomic E-state index is -3.96. The standard InChI is InChI=1S/C13H18N2O5S/c1-19-10-5-6-15(8-10)13(16)9-3-4-11(20-2)12(7-9)21(14,17)18/h3-4,7,10H,5-6,8H2,1-2H3,(H2,14,17,18). The SMILES string of the molecule is COc1ccc(C(=O)N2CCC(OC)C2)cc1S(N)(=O)=O. The van der Waals surface area contributed by atoms with Crippen LogP contribution in [0.4, 0.5) is 0 Å². The molecule has 0 aliphatic carbocycles. The quantitative estimate of drug-likeness (QED) is 0.856. The highest BCUT2D eigenvalue weighted by molar-refractivity contribution is 7.89. The molecule has 8 heteroatoms. The third-order valence-corrected chi connectivity index (χ3v) is 4.41. The Hall–Kier alpha value is -1.64. The summed E-state index contributed by atoms with van der Waals surface area (Å²) in [7, 11) is -1.02. The van der Waals surface area contributed by atoms with Gasteiger partial charge in [0.25, 0.3) is 5.91 Å². The maximum absolute atomic E-state index is 12.4. The predicted octanol–water partition coefficient (Wildman–Crippen LogP) is 0.204. The van der Waals surface area contributed by atoms with Crippen LogP contribution in [0.15, 0.2) is 23.1 Å². The molecule has 0 aromatic heterocycles. The van der Waals surface area contributed by atoms with E-state index >= 15 is 0 Å². The molecule has 1 aliphatic heterocycles. The van der Waals surface area contributed by atoms with E-state index in [1.54, 1.807) is 12.0 Å². The van der Waals surface area contributed by atoms with Gasteiger partial charge in [0, 0.05) is 25.8 Å². The Bertz CT molecular complexity index is 644. The number of carbonyl (C=O) groups is 1. The zero-order valence-corrected chi connectivity index (χ0v) is 12.7. The number of nitrogens with two attached hydrogens (primary N) is 1. The number of benzene rings is 1. The average molecular weight is 314 g/mol. The highest BCUT2D eigenvalue weighted by Crippen LogP contribution is 2.25. The number of amides is 1. The Morgan fingerprint density at radius 2 is 2.10 bits per heavy atom. The van der Waals surface area contributed by atoms with Crippen molar-refractivity contribution in [1.29, 1.82) is 0 Å². The zero-order valence-electron chi connectivity index (χ0n) is 11.9. The Balaban J connectivity index is 2.31. The van der Waals surface area contributed by atoms with Gasteiger partial charge >= 0.3 is 0 Å². The molecule has 1 atom stereocenters. The summed E-state index contributed by atoms with van der Waals surface area (Å²) in [6.45, 7) is 1.07. The van der Waals surface area contributed by atoms with Gasteiger partial charge in [0.15, 0.2) is 0 Å². The molecule has 116 valence electrons. The monoisotopic (exact) mass is 314 g/mol. The van der Waals surface area contributed by atoms with Gasteiger partial charge in [-0.15, -0.1) is 0 Å². The minimum Gasteiger partial charge on any atom is -0.495 e. The Morgan fingerprint density at radius 3 is 2.62 bits per heavy atom. The lowest BCUT2D eigenvalue weighted by Gasteiger charge is -2.17. The topological polar surface area (TPSA) is 98.9 Å². The first-order valence-corrected chi connectivity index (χ1v) is 7.94. The third-order valence-electron chi connectivity index (χ3n) is 3.48. The van der Waals surface area contributed by atoms with Crippen LogP contribution in [0, 0.1) is 0 Å². The average Bonchev–Trinajstić information content (AvgIpc) is 2.93. The lowest BCUT2D eigenvalue weighted by Crippen LogP contribution is -2.30. The number of rotatable bonds is 4. The summed E-state index contributed by atoms with van der Waals surface area (Å²) in [6.07, 6.45) is 0.783. The van der Waals surface area contributed by atoms with Gasteiger partial charge in [0.1, 0.15) is 10.6 Å². The van der Waals surface area contributed by atoms with Crippen LogP contribution in [0.25, 0.3) is 0 Å². The summed E-state index contributed by atoms with van der Waals surface area (Å²) >= 11 is 0. The number of nitrogens with zero attached hydrogens (tertiary/aromatic N) is 1. The first-order chi connectivity index (χ1) is 9.86. The summed E-state index contributed by atoms with van der Waals surface area (Å²) in [5, 5.41) is 5.15. The molecule has 0 saturated carbocycles. The van der Waals surface area contributed by atoms with Crippen LogP contribution in [-0.2, 0) is 14.8 Å². The lowest BCUT2D eigenvalue weighted by atomic mass is 10.2. The molecule has 1 saturated heterocycles. The van der Waals surface area contributed by atoms with Crippen molar-refractivity contribution in [3.05, 3.63) is 23.8 Å². The summed E-state index contributed by atoms with van der Waals surface area (Å²) in [4.78, 5) is 13.8. The molecule has 1 aromatic carbocycles. The van der Waals surface area contributed by atoms with Crippen LogP contribution >= 0.6 is 0 Å². The van der Waals surface area contributed by atoms with Gasteiger partial charge in [-0.25, -0.2) is 13.6 Å². The summed E-state index contributed by atoms with van der Waals surface area (Å²) in [6, 6.07) is 4.20. The van der Waals surface area contributed by atoms with E-state index < -0.39 is 10.0 Å². The van der Waals surface area contributed by atoms with Crippen LogP contribution in [0.5, 0.6) is 5.75 Å². The van der Waals surface area contributed by atoms with Crippen LogP contribution in [0.3, 0.4) is 0 Å². The number of sulfonamides is 1. The van der Waals surface area contributed by atoms with Crippen molar-refractivity contribution in [3.8, 4) is 5.75 Å². The van der Waals surface area contributed by atoms with Crippen molar-refractivity contribution in [2.75, 3.05) is 27.3 Å². The molecule has 0 radical (unpaired) electrons. The highest BCUT2D eigenvalue weighted by atomic mass is 32.2. The molecule has 1 amide bonds. The van der Waals surface area contributed by atoms with E-state index in [-0.39, 0.29) is 28.2 Å². The number of carbonyl (C=O) groups excluding carboxylic acids is 1. The van der Waals surface area contributed by atoms with E-state index in [9.17, 15) is 13.2 Å². The molecule has 0 bridgehead atoms. The number of primary sulfonamides is 1. The van der Waals surface area contributed by atoms with Gasteiger partial charge in [-0.1, -0.05) is 0 Å². The van der Waals surface area contributed by atoms with Gasteiger partial charge in [0.2, 0.25) is 10.0 Å². The van der Waals surface area contributed by atoms with Crippen LogP contribution in [-0.4, -0.2) is 52.6 Å². The maximum Gasteiger partial charge on any atom is 0.253 e.